The molecule has 2 aromatic heterocycles. The molecule has 5 rings (SSSR count). The van der Waals surface area contributed by atoms with Gasteiger partial charge < -0.3 is 4.74 Å². The van der Waals surface area contributed by atoms with Crippen molar-refractivity contribution in [3.8, 4) is 22.5 Å². The quantitative estimate of drug-likeness (QED) is 0.356. The standard InChI is InChI=1S/C24H19BrCl2N4O2/c25-17-13-20(24(32)29-30-9-11-33-12-10-30)23-28-21(15-1-5-18(26)6-2-15)22(31(23)14-17)16-3-7-19(27)8-4-16/h1-8,13-14H,9-12H2,(H,29,32). The Bertz CT molecular complexity index is 1320. The molecule has 1 amide bonds. The second kappa shape index (κ2) is 9.44. The highest BCUT2D eigenvalue weighted by molar-refractivity contribution is 9.10. The smallest absolute Gasteiger partial charge is 0.269 e. The summed E-state index contributed by atoms with van der Waals surface area (Å²) in [5, 5.41) is 3.16. The Labute approximate surface area is 209 Å². The first kappa shape index (κ1) is 22.4. The average Bonchev–Trinajstić information content (AvgIpc) is 3.19. The summed E-state index contributed by atoms with van der Waals surface area (Å²) >= 11 is 15.8. The fourth-order valence-corrected chi connectivity index (χ4v) is 4.54. The fraction of sp³-hybridized carbons (Fsp3) is 0.167. The lowest BCUT2D eigenvalue weighted by atomic mass is 10.0. The van der Waals surface area contributed by atoms with E-state index in [1.54, 1.807) is 6.07 Å². The third kappa shape index (κ3) is 4.65. The molecule has 0 atom stereocenters. The van der Waals surface area contributed by atoms with Crippen LogP contribution in [0.2, 0.25) is 10.0 Å². The Morgan fingerprint density at radius 3 is 2.21 bits per heavy atom. The van der Waals surface area contributed by atoms with E-state index in [2.05, 4.69) is 21.4 Å². The molecular weight excluding hydrogens is 527 g/mol. The number of carbonyl (C=O) groups is 1. The summed E-state index contributed by atoms with van der Waals surface area (Å²) in [7, 11) is 0. The van der Waals surface area contributed by atoms with Gasteiger partial charge in [0, 0.05) is 44.9 Å². The van der Waals surface area contributed by atoms with Crippen molar-refractivity contribution in [2.75, 3.05) is 26.3 Å². The molecular formula is C24H19BrCl2N4O2. The summed E-state index contributed by atoms with van der Waals surface area (Å²) in [5.74, 6) is -0.224. The van der Waals surface area contributed by atoms with Crippen LogP contribution in [0.15, 0.2) is 65.3 Å². The predicted molar refractivity (Wildman–Crippen MR) is 134 cm³/mol. The second-order valence-corrected chi connectivity index (χ2v) is 9.42. The van der Waals surface area contributed by atoms with Gasteiger partial charge in [0.1, 0.15) is 0 Å². The maximum atomic E-state index is 13.3. The fourth-order valence-electron chi connectivity index (χ4n) is 3.85. The number of hydrazine groups is 1. The molecule has 0 radical (unpaired) electrons. The molecule has 0 bridgehead atoms. The van der Waals surface area contributed by atoms with E-state index in [0.29, 0.717) is 47.6 Å². The van der Waals surface area contributed by atoms with Gasteiger partial charge >= 0.3 is 0 Å². The van der Waals surface area contributed by atoms with Crippen molar-refractivity contribution in [1.29, 1.82) is 0 Å². The minimum atomic E-state index is -0.224. The van der Waals surface area contributed by atoms with Gasteiger partial charge in [0.05, 0.1) is 30.2 Å². The number of benzene rings is 2. The van der Waals surface area contributed by atoms with E-state index >= 15 is 0 Å². The minimum absolute atomic E-state index is 0.224. The summed E-state index contributed by atoms with van der Waals surface area (Å²) in [6, 6.07) is 16.9. The summed E-state index contributed by atoms with van der Waals surface area (Å²) in [6.45, 7) is 2.44. The van der Waals surface area contributed by atoms with Crippen LogP contribution in [0.5, 0.6) is 0 Å². The number of nitrogens with zero attached hydrogens (tertiary/aromatic N) is 3. The van der Waals surface area contributed by atoms with Crippen molar-refractivity contribution >= 4 is 50.7 Å². The maximum absolute atomic E-state index is 13.3. The van der Waals surface area contributed by atoms with Crippen LogP contribution >= 0.6 is 39.1 Å². The zero-order valence-corrected chi connectivity index (χ0v) is 20.5. The van der Waals surface area contributed by atoms with E-state index in [0.717, 1.165) is 27.0 Å². The first-order chi connectivity index (χ1) is 16.0. The number of halogens is 3. The van der Waals surface area contributed by atoms with Crippen molar-refractivity contribution in [2.45, 2.75) is 0 Å². The van der Waals surface area contributed by atoms with E-state index in [9.17, 15) is 4.79 Å². The number of aromatic nitrogens is 2. The molecule has 1 saturated heterocycles. The number of morpholine rings is 1. The number of ether oxygens (including phenoxy) is 1. The van der Waals surface area contributed by atoms with Crippen molar-refractivity contribution < 1.29 is 9.53 Å². The molecule has 9 heteroatoms. The van der Waals surface area contributed by atoms with E-state index in [4.69, 9.17) is 32.9 Å². The largest absolute Gasteiger partial charge is 0.379 e. The second-order valence-electron chi connectivity index (χ2n) is 7.63. The van der Waals surface area contributed by atoms with Gasteiger partial charge in [0.15, 0.2) is 5.65 Å². The van der Waals surface area contributed by atoms with E-state index < -0.39 is 0 Å². The monoisotopic (exact) mass is 544 g/mol. The van der Waals surface area contributed by atoms with Crippen LogP contribution in [0.1, 0.15) is 10.4 Å². The SMILES string of the molecule is O=C(NN1CCOCC1)c1cc(Br)cn2c(-c3ccc(Cl)cc3)c(-c3ccc(Cl)cc3)nc12. The maximum Gasteiger partial charge on any atom is 0.269 e. The van der Waals surface area contributed by atoms with Crippen LogP contribution in [0.25, 0.3) is 28.2 Å². The Kier molecular flexibility index (Phi) is 6.40. The molecule has 33 heavy (non-hydrogen) atoms. The molecule has 1 N–H and O–H groups in total. The molecule has 3 heterocycles. The first-order valence-corrected chi connectivity index (χ1v) is 11.9. The number of hydrogen-bond acceptors (Lipinski definition) is 4. The molecule has 0 spiro atoms. The van der Waals surface area contributed by atoms with Crippen LogP contribution in [0, 0.1) is 0 Å². The van der Waals surface area contributed by atoms with Crippen molar-refractivity contribution in [3.63, 3.8) is 0 Å². The number of pyridine rings is 1. The van der Waals surface area contributed by atoms with Crippen molar-refractivity contribution in [1.82, 2.24) is 19.8 Å². The van der Waals surface area contributed by atoms with Crippen LogP contribution in [-0.2, 0) is 4.74 Å². The highest BCUT2D eigenvalue weighted by Gasteiger charge is 2.23. The molecule has 6 nitrogen and oxygen atoms in total. The lowest BCUT2D eigenvalue weighted by Gasteiger charge is -2.27. The zero-order valence-electron chi connectivity index (χ0n) is 17.4. The van der Waals surface area contributed by atoms with Crippen molar-refractivity contribution in [3.05, 3.63) is 80.9 Å². The van der Waals surface area contributed by atoms with Gasteiger partial charge in [-0.25, -0.2) is 9.99 Å². The Balaban J connectivity index is 1.69. The Morgan fingerprint density at radius 1 is 0.970 bits per heavy atom. The molecule has 0 saturated carbocycles. The van der Waals surface area contributed by atoms with Crippen LogP contribution in [-0.4, -0.2) is 46.6 Å². The predicted octanol–water partition coefficient (Wildman–Crippen LogP) is 5.71. The molecule has 0 aliphatic carbocycles. The third-order valence-electron chi connectivity index (χ3n) is 5.44. The van der Waals surface area contributed by atoms with Gasteiger partial charge in [-0.2, -0.15) is 0 Å². The highest BCUT2D eigenvalue weighted by atomic mass is 79.9. The summed E-state index contributed by atoms with van der Waals surface area (Å²) in [5.41, 5.74) is 7.42. The van der Waals surface area contributed by atoms with Gasteiger partial charge in [0.25, 0.3) is 5.91 Å². The molecule has 1 fully saturated rings. The number of carbonyl (C=O) groups excluding carboxylic acids is 1. The van der Waals surface area contributed by atoms with E-state index in [1.807, 2.05) is 64.1 Å². The summed E-state index contributed by atoms with van der Waals surface area (Å²) < 4.78 is 8.07. The number of rotatable bonds is 4. The highest BCUT2D eigenvalue weighted by Crippen LogP contribution is 2.35. The normalized spacial score (nSPS) is 14.5. The van der Waals surface area contributed by atoms with Gasteiger partial charge in [-0.05, 0) is 46.3 Å². The van der Waals surface area contributed by atoms with Crippen LogP contribution in [0.3, 0.4) is 0 Å². The molecule has 1 aliphatic rings. The summed E-state index contributed by atoms with van der Waals surface area (Å²) in [4.78, 5) is 18.2. The third-order valence-corrected chi connectivity index (χ3v) is 6.37. The van der Waals surface area contributed by atoms with Gasteiger partial charge in [0.2, 0.25) is 0 Å². The Hall–Kier alpha value is -2.42. The molecule has 168 valence electrons. The van der Waals surface area contributed by atoms with Crippen molar-refractivity contribution in [2.24, 2.45) is 0 Å². The van der Waals surface area contributed by atoms with Crippen LogP contribution < -0.4 is 5.43 Å². The van der Waals surface area contributed by atoms with E-state index in [1.165, 1.54) is 0 Å². The first-order valence-electron chi connectivity index (χ1n) is 10.4. The van der Waals surface area contributed by atoms with Crippen LogP contribution in [0.4, 0.5) is 0 Å². The minimum Gasteiger partial charge on any atom is -0.379 e. The number of amides is 1. The average molecular weight is 546 g/mol. The number of nitrogens with one attached hydrogen (secondary N) is 1. The number of fused-ring (bicyclic) bond motifs is 1. The van der Waals surface area contributed by atoms with E-state index in [-0.39, 0.29) is 5.91 Å². The molecule has 2 aromatic carbocycles. The topological polar surface area (TPSA) is 58.9 Å². The zero-order chi connectivity index (χ0) is 22.9. The van der Waals surface area contributed by atoms with Gasteiger partial charge in [-0.3, -0.25) is 14.6 Å². The van der Waals surface area contributed by atoms with Gasteiger partial charge in [-0.1, -0.05) is 47.5 Å². The lowest BCUT2D eigenvalue weighted by Crippen LogP contribution is -2.48. The summed E-state index contributed by atoms with van der Waals surface area (Å²) in [6.07, 6.45) is 1.91. The van der Waals surface area contributed by atoms with Gasteiger partial charge in [-0.15, -0.1) is 0 Å². The molecule has 4 aromatic rings. The molecule has 1 aliphatic heterocycles. The number of imidazole rings is 1. The molecule has 0 unspecified atom stereocenters. The Morgan fingerprint density at radius 2 is 1.58 bits per heavy atom. The number of hydrogen-bond donors (Lipinski definition) is 1. The lowest BCUT2D eigenvalue weighted by molar-refractivity contribution is 0.0126.